The number of morpholine rings is 1. The molecule has 40 heavy (non-hydrogen) atoms. The van der Waals surface area contributed by atoms with Crippen molar-refractivity contribution in [2.45, 2.75) is 26.2 Å². The molecule has 2 aromatic heterocycles. The lowest BCUT2D eigenvalue weighted by Crippen LogP contribution is -2.40. The monoisotopic (exact) mass is 540 g/mol. The number of hydrogen-bond donors (Lipinski definition) is 2. The van der Waals surface area contributed by atoms with Gasteiger partial charge in [0.1, 0.15) is 5.75 Å². The van der Waals surface area contributed by atoms with E-state index in [1.807, 2.05) is 55.6 Å². The van der Waals surface area contributed by atoms with Crippen LogP contribution in [0.15, 0.2) is 60.8 Å². The molecular formula is C30H32N6O4. The predicted octanol–water partition coefficient (Wildman–Crippen LogP) is 4.75. The smallest absolute Gasteiger partial charge is 0.254 e. The molecule has 4 aromatic rings. The number of rotatable bonds is 9. The molecule has 10 heteroatoms. The molecule has 3 heterocycles. The van der Waals surface area contributed by atoms with Gasteiger partial charge in [0.2, 0.25) is 11.9 Å². The standard InChI is InChI=1S/C30H32N6O4/c1-2-40-26-18-22(29(38)35-13-15-39-16-14-35)7-11-25(26)32-30-33-27-12-8-23(19-36(27)34-30)21-5-9-24(10-6-21)31-28(37)17-20-3-4-20/h5-12,18-20H,2-4,13-17H2,1H3,(H,31,37)(H,32,34). The number of hydrogen-bond acceptors (Lipinski definition) is 7. The Kier molecular flexibility index (Phi) is 7.33. The van der Waals surface area contributed by atoms with E-state index in [4.69, 9.17) is 9.47 Å². The number of nitrogens with zero attached hydrogens (tertiary/aromatic N) is 4. The van der Waals surface area contributed by atoms with E-state index in [1.165, 1.54) is 0 Å². The molecular weight excluding hydrogens is 508 g/mol. The fourth-order valence-electron chi connectivity index (χ4n) is 4.75. The van der Waals surface area contributed by atoms with E-state index < -0.39 is 0 Å². The molecule has 0 spiro atoms. The van der Waals surface area contributed by atoms with Gasteiger partial charge in [-0.3, -0.25) is 9.59 Å². The summed E-state index contributed by atoms with van der Waals surface area (Å²) in [5, 5.41) is 10.8. The molecule has 1 aliphatic heterocycles. The summed E-state index contributed by atoms with van der Waals surface area (Å²) in [5.41, 5.74) is 4.71. The largest absolute Gasteiger partial charge is 0.492 e. The molecule has 1 saturated carbocycles. The van der Waals surface area contributed by atoms with Crippen LogP contribution in [0.2, 0.25) is 0 Å². The van der Waals surface area contributed by atoms with Gasteiger partial charge in [-0.1, -0.05) is 12.1 Å². The normalized spacial score (nSPS) is 15.2. The Bertz CT molecular complexity index is 1520. The molecule has 0 unspecified atom stereocenters. The third kappa shape index (κ3) is 5.91. The summed E-state index contributed by atoms with van der Waals surface area (Å²) in [6, 6.07) is 17.1. The molecule has 1 aliphatic carbocycles. The van der Waals surface area contributed by atoms with Crippen molar-refractivity contribution < 1.29 is 19.1 Å². The molecule has 2 fully saturated rings. The number of benzene rings is 2. The zero-order chi connectivity index (χ0) is 27.5. The van der Waals surface area contributed by atoms with Crippen LogP contribution in [0.1, 0.15) is 36.5 Å². The second-order valence-electron chi connectivity index (χ2n) is 10.1. The minimum absolute atomic E-state index is 0.0390. The van der Waals surface area contributed by atoms with Crippen LogP contribution in [0.3, 0.4) is 0 Å². The molecule has 206 valence electrons. The van der Waals surface area contributed by atoms with Crippen molar-refractivity contribution in [3.8, 4) is 16.9 Å². The maximum Gasteiger partial charge on any atom is 0.254 e. The Morgan fingerprint density at radius 3 is 2.55 bits per heavy atom. The SMILES string of the molecule is CCOc1cc(C(=O)N2CCOCC2)ccc1Nc1nc2ccc(-c3ccc(NC(=O)CC4CC4)cc3)cn2n1. The van der Waals surface area contributed by atoms with E-state index in [2.05, 4.69) is 20.7 Å². The van der Waals surface area contributed by atoms with Gasteiger partial charge in [-0.05, 0) is 73.7 Å². The van der Waals surface area contributed by atoms with Gasteiger partial charge in [-0.15, -0.1) is 5.10 Å². The Morgan fingerprint density at radius 1 is 1.02 bits per heavy atom. The average molecular weight is 541 g/mol. The minimum Gasteiger partial charge on any atom is -0.492 e. The highest BCUT2D eigenvalue weighted by atomic mass is 16.5. The van der Waals surface area contributed by atoms with Gasteiger partial charge in [0.15, 0.2) is 5.65 Å². The first-order chi connectivity index (χ1) is 19.6. The lowest BCUT2D eigenvalue weighted by molar-refractivity contribution is -0.116. The quantitative estimate of drug-likeness (QED) is 0.315. The van der Waals surface area contributed by atoms with Gasteiger partial charge in [0.05, 0.1) is 25.5 Å². The Morgan fingerprint density at radius 2 is 1.80 bits per heavy atom. The summed E-state index contributed by atoms with van der Waals surface area (Å²) in [6.07, 6.45) is 4.83. The number of ether oxygens (including phenoxy) is 2. The van der Waals surface area contributed by atoms with Crippen molar-refractivity contribution in [3.05, 3.63) is 66.4 Å². The van der Waals surface area contributed by atoms with Crippen LogP contribution in [-0.4, -0.2) is 64.2 Å². The molecule has 0 radical (unpaired) electrons. The number of pyridine rings is 1. The molecule has 2 amide bonds. The van der Waals surface area contributed by atoms with Gasteiger partial charge in [-0.2, -0.15) is 4.98 Å². The van der Waals surface area contributed by atoms with Crippen molar-refractivity contribution >= 4 is 34.8 Å². The topological polar surface area (TPSA) is 110 Å². The lowest BCUT2D eigenvalue weighted by Gasteiger charge is -2.27. The van der Waals surface area contributed by atoms with E-state index in [0.29, 0.717) is 73.8 Å². The van der Waals surface area contributed by atoms with Crippen LogP contribution in [0, 0.1) is 5.92 Å². The number of aromatic nitrogens is 3. The molecule has 2 aliphatic rings. The number of amides is 2. The second kappa shape index (κ2) is 11.4. The number of nitrogens with one attached hydrogen (secondary N) is 2. The van der Waals surface area contributed by atoms with E-state index >= 15 is 0 Å². The molecule has 10 nitrogen and oxygen atoms in total. The number of carbonyl (C=O) groups excluding carboxylic acids is 2. The van der Waals surface area contributed by atoms with Gasteiger partial charge in [-0.25, -0.2) is 4.52 Å². The first-order valence-electron chi connectivity index (χ1n) is 13.7. The molecule has 2 aromatic carbocycles. The van der Waals surface area contributed by atoms with Crippen LogP contribution in [-0.2, 0) is 9.53 Å². The van der Waals surface area contributed by atoms with Crippen molar-refractivity contribution in [1.29, 1.82) is 0 Å². The van der Waals surface area contributed by atoms with Crippen LogP contribution in [0.4, 0.5) is 17.3 Å². The third-order valence-corrected chi connectivity index (χ3v) is 7.08. The lowest BCUT2D eigenvalue weighted by atomic mass is 10.1. The average Bonchev–Trinajstić information content (AvgIpc) is 3.70. The summed E-state index contributed by atoms with van der Waals surface area (Å²) in [6.45, 7) is 4.62. The van der Waals surface area contributed by atoms with Gasteiger partial charge >= 0.3 is 0 Å². The van der Waals surface area contributed by atoms with E-state index in [0.717, 1.165) is 29.7 Å². The maximum atomic E-state index is 12.9. The predicted molar refractivity (Wildman–Crippen MR) is 152 cm³/mol. The van der Waals surface area contributed by atoms with Gasteiger partial charge in [0.25, 0.3) is 5.91 Å². The van der Waals surface area contributed by atoms with Crippen LogP contribution >= 0.6 is 0 Å². The summed E-state index contributed by atoms with van der Waals surface area (Å²) in [5.74, 6) is 1.57. The van der Waals surface area contributed by atoms with Crippen LogP contribution < -0.4 is 15.4 Å². The number of carbonyl (C=O) groups is 2. The Balaban J connectivity index is 1.17. The first-order valence-corrected chi connectivity index (χ1v) is 13.7. The van der Waals surface area contributed by atoms with Crippen molar-refractivity contribution in [3.63, 3.8) is 0 Å². The van der Waals surface area contributed by atoms with Gasteiger partial charge in [0, 0.05) is 42.5 Å². The molecule has 2 N–H and O–H groups in total. The highest BCUT2D eigenvalue weighted by Crippen LogP contribution is 2.33. The second-order valence-corrected chi connectivity index (χ2v) is 10.1. The van der Waals surface area contributed by atoms with Crippen LogP contribution in [0.5, 0.6) is 5.75 Å². The van der Waals surface area contributed by atoms with E-state index in [1.54, 1.807) is 21.5 Å². The van der Waals surface area contributed by atoms with E-state index in [-0.39, 0.29) is 11.8 Å². The molecule has 6 rings (SSSR count). The highest BCUT2D eigenvalue weighted by molar-refractivity contribution is 5.95. The summed E-state index contributed by atoms with van der Waals surface area (Å²) < 4.78 is 12.9. The summed E-state index contributed by atoms with van der Waals surface area (Å²) in [4.78, 5) is 31.4. The molecule has 0 atom stereocenters. The zero-order valence-corrected chi connectivity index (χ0v) is 22.4. The van der Waals surface area contributed by atoms with Gasteiger partial charge < -0.3 is 25.0 Å². The van der Waals surface area contributed by atoms with Crippen molar-refractivity contribution in [2.24, 2.45) is 5.92 Å². The minimum atomic E-state index is -0.0390. The summed E-state index contributed by atoms with van der Waals surface area (Å²) >= 11 is 0. The van der Waals surface area contributed by atoms with Crippen molar-refractivity contribution in [2.75, 3.05) is 43.5 Å². The van der Waals surface area contributed by atoms with Crippen molar-refractivity contribution in [1.82, 2.24) is 19.5 Å². The fourth-order valence-corrected chi connectivity index (χ4v) is 4.75. The number of fused-ring (bicyclic) bond motifs is 1. The third-order valence-electron chi connectivity index (χ3n) is 7.08. The first kappa shape index (κ1) is 25.8. The Hall–Kier alpha value is -4.44. The van der Waals surface area contributed by atoms with E-state index in [9.17, 15) is 9.59 Å². The fraction of sp³-hybridized carbons (Fsp3) is 0.333. The summed E-state index contributed by atoms with van der Waals surface area (Å²) in [7, 11) is 0. The zero-order valence-electron chi connectivity index (χ0n) is 22.4. The highest BCUT2D eigenvalue weighted by Gasteiger charge is 2.24. The Labute approximate surface area is 232 Å². The maximum absolute atomic E-state index is 12.9. The van der Waals surface area contributed by atoms with Crippen LogP contribution in [0.25, 0.3) is 16.8 Å². The molecule has 0 bridgehead atoms. The molecule has 1 saturated heterocycles. The number of anilines is 3.